The van der Waals surface area contributed by atoms with E-state index in [4.69, 9.17) is 9.15 Å². The molecule has 1 amide bonds. The van der Waals surface area contributed by atoms with Crippen molar-refractivity contribution >= 4 is 22.8 Å². The Morgan fingerprint density at radius 2 is 1.96 bits per heavy atom. The second-order valence-electron chi connectivity index (χ2n) is 6.80. The maximum absolute atomic E-state index is 12.7. The molecule has 1 aromatic carbocycles. The monoisotopic (exact) mass is 354 g/mol. The van der Waals surface area contributed by atoms with Gasteiger partial charge in [0.05, 0.1) is 6.07 Å². The van der Waals surface area contributed by atoms with Gasteiger partial charge in [-0.1, -0.05) is 37.5 Å². The van der Waals surface area contributed by atoms with E-state index >= 15 is 0 Å². The molecule has 6 heteroatoms. The van der Waals surface area contributed by atoms with Gasteiger partial charge in [0.15, 0.2) is 6.10 Å². The highest BCUT2D eigenvalue weighted by atomic mass is 16.6. The number of hydrogen-bond acceptors (Lipinski definition) is 5. The Labute approximate surface area is 152 Å². The molecule has 0 bridgehead atoms. The molecule has 0 spiro atoms. The molecule has 136 valence electrons. The molecule has 1 aromatic heterocycles. The van der Waals surface area contributed by atoms with E-state index in [9.17, 15) is 14.9 Å². The molecule has 1 aliphatic rings. The number of carbonyl (C=O) groups excluding carboxylic acids is 2. The third-order valence-corrected chi connectivity index (χ3v) is 5.12. The molecule has 0 N–H and O–H groups in total. The molecule has 26 heavy (non-hydrogen) atoms. The fraction of sp³-hybridized carbons (Fsp3) is 0.450. The fourth-order valence-corrected chi connectivity index (χ4v) is 3.49. The van der Waals surface area contributed by atoms with Gasteiger partial charge in [0, 0.05) is 12.4 Å². The lowest BCUT2D eigenvalue weighted by Gasteiger charge is -2.39. The van der Waals surface area contributed by atoms with E-state index in [-0.39, 0.29) is 11.7 Å². The van der Waals surface area contributed by atoms with Crippen LogP contribution in [-0.4, -0.2) is 35.5 Å². The van der Waals surface area contributed by atoms with E-state index < -0.39 is 17.6 Å². The molecular weight excluding hydrogens is 332 g/mol. The summed E-state index contributed by atoms with van der Waals surface area (Å²) in [6.45, 7) is 1.52. The van der Waals surface area contributed by atoms with E-state index in [2.05, 4.69) is 6.07 Å². The van der Waals surface area contributed by atoms with E-state index in [0.717, 1.165) is 24.6 Å². The maximum Gasteiger partial charge on any atom is 0.375 e. The van der Waals surface area contributed by atoms with Crippen LogP contribution in [0.3, 0.4) is 0 Å². The molecule has 3 rings (SSSR count). The predicted octanol–water partition coefficient (Wildman–Crippen LogP) is 3.66. The number of fused-ring (bicyclic) bond motifs is 1. The lowest BCUT2D eigenvalue weighted by Crippen LogP contribution is -2.53. The summed E-state index contributed by atoms with van der Waals surface area (Å²) < 4.78 is 10.8. The average Bonchev–Trinajstić information content (AvgIpc) is 3.11. The Hall–Kier alpha value is -2.81. The van der Waals surface area contributed by atoms with Gasteiger partial charge in [0.2, 0.25) is 5.76 Å². The maximum atomic E-state index is 12.7. The summed E-state index contributed by atoms with van der Waals surface area (Å²) in [7, 11) is 1.61. The van der Waals surface area contributed by atoms with Gasteiger partial charge < -0.3 is 14.1 Å². The second-order valence-corrected chi connectivity index (χ2v) is 6.80. The highest BCUT2D eigenvalue weighted by Crippen LogP contribution is 2.33. The normalized spacial score (nSPS) is 17.3. The minimum atomic E-state index is -0.993. The Kier molecular flexibility index (Phi) is 4.99. The van der Waals surface area contributed by atoms with Gasteiger partial charge in [-0.15, -0.1) is 0 Å². The van der Waals surface area contributed by atoms with Crippen LogP contribution in [0.4, 0.5) is 0 Å². The topological polar surface area (TPSA) is 83.5 Å². The Bertz CT molecular complexity index is 825. The largest absolute Gasteiger partial charge is 0.449 e. The molecule has 1 aliphatic carbocycles. The minimum Gasteiger partial charge on any atom is -0.449 e. The van der Waals surface area contributed by atoms with Crippen LogP contribution in [0.1, 0.15) is 49.6 Å². The summed E-state index contributed by atoms with van der Waals surface area (Å²) >= 11 is 0. The first-order valence-corrected chi connectivity index (χ1v) is 8.85. The first-order chi connectivity index (χ1) is 12.5. The lowest BCUT2D eigenvalue weighted by atomic mass is 9.81. The zero-order chi connectivity index (χ0) is 18.7. The van der Waals surface area contributed by atoms with Crippen LogP contribution in [-0.2, 0) is 9.53 Å². The summed E-state index contributed by atoms with van der Waals surface area (Å²) in [6.07, 6.45) is 3.21. The molecule has 0 saturated heterocycles. The van der Waals surface area contributed by atoms with Crippen molar-refractivity contribution in [2.75, 3.05) is 7.05 Å². The van der Waals surface area contributed by atoms with Gasteiger partial charge in [-0.25, -0.2) is 4.79 Å². The highest BCUT2D eigenvalue weighted by molar-refractivity contribution is 5.94. The van der Waals surface area contributed by atoms with Gasteiger partial charge >= 0.3 is 5.97 Å². The van der Waals surface area contributed by atoms with Crippen LogP contribution in [0.15, 0.2) is 34.7 Å². The van der Waals surface area contributed by atoms with Crippen LogP contribution in [0.5, 0.6) is 0 Å². The molecule has 0 radical (unpaired) electrons. The molecule has 1 atom stereocenters. The minimum absolute atomic E-state index is 0.0566. The van der Waals surface area contributed by atoms with E-state index in [1.165, 1.54) is 11.8 Å². The average molecular weight is 354 g/mol. The summed E-state index contributed by atoms with van der Waals surface area (Å²) in [5.41, 5.74) is -0.226. The van der Waals surface area contributed by atoms with Crippen LogP contribution in [0.25, 0.3) is 11.0 Å². The van der Waals surface area contributed by atoms with E-state index in [1.54, 1.807) is 19.2 Å². The number of furan rings is 1. The number of likely N-dealkylation sites (N-methyl/N-ethyl adjacent to an activating group) is 1. The van der Waals surface area contributed by atoms with Crippen molar-refractivity contribution in [3.05, 3.63) is 36.1 Å². The van der Waals surface area contributed by atoms with Crippen LogP contribution < -0.4 is 0 Å². The van der Waals surface area contributed by atoms with Crippen molar-refractivity contribution < 1.29 is 18.7 Å². The number of para-hydroxylation sites is 1. The Morgan fingerprint density at radius 3 is 2.62 bits per heavy atom. The van der Waals surface area contributed by atoms with Crippen molar-refractivity contribution in [3.8, 4) is 6.07 Å². The van der Waals surface area contributed by atoms with Crippen molar-refractivity contribution in [1.29, 1.82) is 5.26 Å². The quantitative estimate of drug-likeness (QED) is 0.782. The number of esters is 1. The van der Waals surface area contributed by atoms with Crippen molar-refractivity contribution in [3.63, 3.8) is 0 Å². The summed E-state index contributed by atoms with van der Waals surface area (Å²) in [5, 5.41) is 10.4. The van der Waals surface area contributed by atoms with Crippen molar-refractivity contribution in [1.82, 2.24) is 4.90 Å². The molecule has 1 fully saturated rings. The zero-order valence-corrected chi connectivity index (χ0v) is 15.0. The summed E-state index contributed by atoms with van der Waals surface area (Å²) in [5.74, 6) is -1.01. The number of ether oxygens (including phenoxy) is 1. The summed E-state index contributed by atoms with van der Waals surface area (Å²) in [4.78, 5) is 26.5. The molecule has 0 aliphatic heterocycles. The van der Waals surface area contributed by atoms with E-state index in [1.807, 2.05) is 18.2 Å². The van der Waals surface area contributed by atoms with Crippen LogP contribution in [0.2, 0.25) is 0 Å². The zero-order valence-electron chi connectivity index (χ0n) is 15.0. The summed E-state index contributed by atoms with van der Waals surface area (Å²) in [6, 6.07) is 11.1. The number of carbonyl (C=O) groups is 2. The predicted molar refractivity (Wildman–Crippen MR) is 95.3 cm³/mol. The molecular formula is C20H22N2O4. The third kappa shape index (κ3) is 3.30. The number of nitrogens with zero attached hydrogens (tertiary/aromatic N) is 2. The first kappa shape index (κ1) is 18.0. The molecule has 6 nitrogen and oxygen atoms in total. The number of benzene rings is 1. The number of nitriles is 1. The number of amides is 1. The molecule has 1 heterocycles. The van der Waals surface area contributed by atoms with Crippen LogP contribution in [0, 0.1) is 11.3 Å². The Morgan fingerprint density at radius 1 is 1.27 bits per heavy atom. The molecule has 2 aromatic rings. The van der Waals surface area contributed by atoms with Gasteiger partial charge in [-0.05, 0) is 31.9 Å². The number of rotatable bonds is 4. The first-order valence-electron chi connectivity index (χ1n) is 8.85. The Balaban J connectivity index is 1.70. The van der Waals surface area contributed by atoms with Crippen molar-refractivity contribution in [2.24, 2.45) is 0 Å². The molecule has 1 saturated carbocycles. The second kappa shape index (κ2) is 7.20. The number of hydrogen-bond donors (Lipinski definition) is 0. The van der Waals surface area contributed by atoms with Crippen LogP contribution >= 0.6 is 0 Å². The smallest absolute Gasteiger partial charge is 0.375 e. The van der Waals surface area contributed by atoms with E-state index in [0.29, 0.717) is 18.4 Å². The van der Waals surface area contributed by atoms with Gasteiger partial charge in [-0.3, -0.25) is 4.79 Å². The fourth-order valence-electron chi connectivity index (χ4n) is 3.49. The lowest BCUT2D eigenvalue weighted by molar-refractivity contribution is -0.143. The standard InChI is InChI=1S/C20H22N2O4/c1-14(18(23)22(2)20(13-21)10-6-3-7-11-20)25-19(24)17-12-15-8-4-5-9-16(15)26-17/h4-5,8-9,12,14H,3,6-7,10-11H2,1-2H3/t14-/m0/s1. The van der Waals surface area contributed by atoms with Gasteiger partial charge in [0.1, 0.15) is 11.1 Å². The SMILES string of the molecule is C[C@H](OC(=O)c1cc2ccccc2o1)C(=O)N(C)C1(C#N)CCCCC1. The van der Waals surface area contributed by atoms with Gasteiger partial charge in [0.25, 0.3) is 5.91 Å². The highest BCUT2D eigenvalue weighted by Gasteiger charge is 2.40. The third-order valence-electron chi connectivity index (χ3n) is 5.12. The van der Waals surface area contributed by atoms with Gasteiger partial charge in [-0.2, -0.15) is 5.26 Å². The van der Waals surface area contributed by atoms with Crippen molar-refractivity contribution in [2.45, 2.75) is 50.7 Å². The molecule has 0 unspecified atom stereocenters.